The first-order valence-corrected chi connectivity index (χ1v) is 6.01. The van der Waals surface area contributed by atoms with E-state index in [1.807, 2.05) is 20.8 Å². The van der Waals surface area contributed by atoms with E-state index in [1.165, 1.54) is 0 Å². The highest BCUT2D eigenvalue weighted by molar-refractivity contribution is 5.22. The molecule has 0 saturated carbocycles. The van der Waals surface area contributed by atoms with Gasteiger partial charge in [0.1, 0.15) is 0 Å². The molecule has 2 heterocycles. The minimum absolute atomic E-state index is 0.0432. The minimum Gasteiger partial charge on any atom is -0.373 e. The van der Waals surface area contributed by atoms with Gasteiger partial charge in [0.2, 0.25) is 5.56 Å². The van der Waals surface area contributed by atoms with Gasteiger partial charge in [-0.1, -0.05) is 0 Å². The van der Waals surface area contributed by atoms with E-state index in [1.54, 1.807) is 12.3 Å². The van der Waals surface area contributed by atoms with Gasteiger partial charge < -0.3 is 14.5 Å². The second kappa shape index (κ2) is 5.02. The van der Waals surface area contributed by atoms with Gasteiger partial charge in [-0.15, -0.1) is 0 Å². The summed E-state index contributed by atoms with van der Waals surface area (Å²) in [4.78, 5) is 13.9. The fraction of sp³-hybridized carbons (Fsp3) is 0.615. The van der Waals surface area contributed by atoms with Gasteiger partial charge in [0, 0.05) is 18.7 Å². The second-order valence-corrected chi connectivity index (χ2v) is 4.71. The molecule has 3 atom stereocenters. The number of aromatic nitrogens is 1. The number of aryl methyl sites for hydroxylation is 1. The number of rotatable bonds is 2. The summed E-state index contributed by atoms with van der Waals surface area (Å²) in [7, 11) is 0. The van der Waals surface area contributed by atoms with Gasteiger partial charge in [0.05, 0.1) is 24.9 Å². The molecule has 1 saturated heterocycles. The Morgan fingerprint density at radius 2 is 2.18 bits per heavy atom. The first-order valence-electron chi connectivity index (χ1n) is 6.01. The topological polar surface area (TPSA) is 51.3 Å². The first kappa shape index (κ1) is 12.3. The van der Waals surface area contributed by atoms with Crippen molar-refractivity contribution >= 4 is 0 Å². The molecule has 1 aliphatic rings. The molecule has 2 rings (SSSR count). The van der Waals surface area contributed by atoms with Gasteiger partial charge >= 0.3 is 0 Å². The minimum atomic E-state index is -0.0660. The summed E-state index contributed by atoms with van der Waals surface area (Å²) in [6, 6.07) is 1.64. The molecule has 1 fully saturated rings. The number of H-pyrrole nitrogens is 1. The Kier molecular flexibility index (Phi) is 3.64. The van der Waals surface area contributed by atoms with E-state index in [4.69, 9.17) is 9.47 Å². The third-order valence-corrected chi connectivity index (χ3v) is 3.30. The molecule has 0 bridgehead atoms. The number of aromatic amines is 1. The molecule has 0 aliphatic carbocycles. The summed E-state index contributed by atoms with van der Waals surface area (Å²) in [6.07, 6.45) is 2.77. The van der Waals surface area contributed by atoms with Crippen molar-refractivity contribution in [2.75, 3.05) is 6.61 Å². The molecular weight excluding hydrogens is 218 g/mol. The zero-order valence-electron chi connectivity index (χ0n) is 10.5. The van der Waals surface area contributed by atoms with Crippen LogP contribution >= 0.6 is 0 Å². The van der Waals surface area contributed by atoms with Crippen LogP contribution in [0.15, 0.2) is 17.1 Å². The lowest BCUT2D eigenvalue weighted by Gasteiger charge is -2.33. The average molecular weight is 237 g/mol. The standard InChI is InChI=1S/C13H19NO3/c1-8-6-14-13(15)5-11(8)4-12-7-16-9(2)10(3)17-12/h5-6,9-10,12H,4,7H2,1-3H3,(H,14,15)/t9-,10+,12?/m1/s1. The molecule has 17 heavy (non-hydrogen) atoms. The lowest BCUT2D eigenvalue weighted by atomic mass is 10.0. The number of ether oxygens (including phenoxy) is 2. The smallest absolute Gasteiger partial charge is 0.248 e. The van der Waals surface area contributed by atoms with E-state index >= 15 is 0 Å². The predicted octanol–water partition coefficient (Wildman–Crippen LogP) is 1.42. The lowest BCUT2D eigenvalue weighted by molar-refractivity contribution is -0.166. The van der Waals surface area contributed by atoms with Crippen LogP contribution in [0.5, 0.6) is 0 Å². The molecule has 0 amide bonds. The Bertz CT molecular complexity index is 441. The normalized spacial score (nSPS) is 29.2. The van der Waals surface area contributed by atoms with E-state index in [0.29, 0.717) is 6.61 Å². The van der Waals surface area contributed by atoms with Crippen LogP contribution in [0, 0.1) is 6.92 Å². The van der Waals surface area contributed by atoms with E-state index in [-0.39, 0.29) is 23.9 Å². The summed E-state index contributed by atoms with van der Waals surface area (Å²) >= 11 is 0. The van der Waals surface area contributed by atoms with Gasteiger partial charge in [-0.05, 0) is 31.9 Å². The molecule has 1 aromatic heterocycles. The third-order valence-electron chi connectivity index (χ3n) is 3.30. The predicted molar refractivity (Wildman–Crippen MR) is 65.3 cm³/mol. The molecule has 0 spiro atoms. The summed E-state index contributed by atoms with van der Waals surface area (Å²) in [5.74, 6) is 0. The second-order valence-electron chi connectivity index (χ2n) is 4.71. The van der Waals surface area contributed by atoms with E-state index in [0.717, 1.165) is 17.5 Å². The summed E-state index contributed by atoms with van der Waals surface area (Å²) in [5, 5.41) is 0. The largest absolute Gasteiger partial charge is 0.373 e. The van der Waals surface area contributed by atoms with E-state index < -0.39 is 0 Å². The Balaban J connectivity index is 2.06. The number of hydrogen-bond acceptors (Lipinski definition) is 3. The van der Waals surface area contributed by atoms with Crippen molar-refractivity contribution in [1.82, 2.24) is 4.98 Å². The van der Waals surface area contributed by atoms with Crippen molar-refractivity contribution in [2.45, 2.75) is 45.5 Å². The van der Waals surface area contributed by atoms with Crippen LogP contribution in [-0.4, -0.2) is 29.9 Å². The Hall–Kier alpha value is -1.13. The number of nitrogens with one attached hydrogen (secondary N) is 1. The highest BCUT2D eigenvalue weighted by Crippen LogP contribution is 2.18. The average Bonchev–Trinajstić information content (AvgIpc) is 2.29. The van der Waals surface area contributed by atoms with Crippen LogP contribution in [0.2, 0.25) is 0 Å². The fourth-order valence-corrected chi connectivity index (χ4v) is 2.01. The number of hydrogen-bond donors (Lipinski definition) is 1. The zero-order valence-corrected chi connectivity index (χ0v) is 10.5. The van der Waals surface area contributed by atoms with Gasteiger partial charge in [-0.2, -0.15) is 0 Å². The highest BCUT2D eigenvalue weighted by atomic mass is 16.6. The molecule has 1 unspecified atom stereocenters. The molecule has 94 valence electrons. The van der Waals surface area contributed by atoms with Crippen LogP contribution in [0.1, 0.15) is 25.0 Å². The van der Waals surface area contributed by atoms with Crippen molar-refractivity contribution in [3.8, 4) is 0 Å². The van der Waals surface area contributed by atoms with Gasteiger partial charge in [-0.3, -0.25) is 4.79 Å². The maximum Gasteiger partial charge on any atom is 0.248 e. The molecule has 0 radical (unpaired) electrons. The van der Waals surface area contributed by atoms with Crippen molar-refractivity contribution < 1.29 is 9.47 Å². The van der Waals surface area contributed by atoms with Gasteiger partial charge in [-0.25, -0.2) is 0 Å². The molecule has 4 nitrogen and oxygen atoms in total. The molecule has 1 aromatic rings. The Morgan fingerprint density at radius 3 is 2.88 bits per heavy atom. The molecule has 1 N–H and O–H groups in total. The fourth-order valence-electron chi connectivity index (χ4n) is 2.01. The lowest BCUT2D eigenvalue weighted by Crippen LogP contribution is -2.41. The zero-order chi connectivity index (χ0) is 12.4. The van der Waals surface area contributed by atoms with Crippen LogP contribution < -0.4 is 5.56 Å². The van der Waals surface area contributed by atoms with Crippen LogP contribution in [-0.2, 0) is 15.9 Å². The maximum absolute atomic E-state index is 11.3. The van der Waals surface area contributed by atoms with Crippen LogP contribution in [0.25, 0.3) is 0 Å². The van der Waals surface area contributed by atoms with Crippen LogP contribution in [0.3, 0.4) is 0 Å². The van der Waals surface area contributed by atoms with Crippen molar-refractivity contribution in [2.24, 2.45) is 0 Å². The summed E-state index contributed by atoms with van der Waals surface area (Å²) < 4.78 is 11.5. The molecule has 4 heteroatoms. The van der Waals surface area contributed by atoms with E-state index in [2.05, 4.69) is 4.98 Å². The Labute approximate surface area is 101 Å². The first-order chi connectivity index (χ1) is 8.06. The molecular formula is C13H19NO3. The van der Waals surface area contributed by atoms with Crippen molar-refractivity contribution in [3.63, 3.8) is 0 Å². The maximum atomic E-state index is 11.3. The van der Waals surface area contributed by atoms with Crippen LogP contribution in [0.4, 0.5) is 0 Å². The SMILES string of the molecule is Cc1c[nH]c(=O)cc1CC1CO[C@H](C)[C@H](C)O1. The van der Waals surface area contributed by atoms with Gasteiger partial charge in [0.15, 0.2) is 0 Å². The summed E-state index contributed by atoms with van der Waals surface area (Å²) in [5.41, 5.74) is 2.05. The van der Waals surface area contributed by atoms with E-state index in [9.17, 15) is 4.79 Å². The molecule has 0 aromatic carbocycles. The quantitative estimate of drug-likeness (QED) is 0.846. The van der Waals surface area contributed by atoms with Crippen molar-refractivity contribution in [3.05, 3.63) is 33.7 Å². The van der Waals surface area contributed by atoms with Gasteiger partial charge in [0.25, 0.3) is 0 Å². The Morgan fingerprint density at radius 1 is 1.41 bits per heavy atom. The third kappa shape index (κ3) is 2.96. The summed E-state index contributed by atoms with van der Waals surface area (Å²) in [6.45, 7) is 6.61. The molecule has 1 aliphatic heterocycles. The number of pyridine rings is 1. The monoisotopic (exact) mass is 237 g/mol. The van der Waals surface area contributed by atoms with Crippen molar-refractivity contribution in [1.29, 1.82) is 0 Å². The highest BCUT2D eigenvalue weighted by Gasteiger charge is 2.26.